The van der Waals surface area contributed by atoms with E-state index in [-0.39, 0.29) is 17.2 Å². The number of fused-ring (bicyclic) bond motifs is 1. The summed E-state index contributed by atoms with van der Waals surface area (Å²) in [4.78, 5) is 23.9. The van der Waals surface area contributed by atoms with Gasteiger partial charge in [0.25, 0.3) is 5.78 Å². The predicted molar refractivity (Wildman–Crippen MR) is 77.4 cm³/mol. The Hall–Kier alpha value is -1.75. The van der Waals surface area contributed by atoms with Crippen LogP contribution in [-0.4, -0.2) is 31.6 Å². The number of rotatable bonds is 4. The van der Waals surface area contributed by atoms with Crippen molar-refractivity contribution in [1.29, 1.82) is 0 Å². The molecule has 5 nitrogen and oxygen atoms in total. The van der Waals surface area contributed by atoms with Gasteiger partial charge in [0.15, 0.2) is 11.5 Å². The highest BCUT2D eigenvalue weighted by Crippen LogP contribution is 2.40. The van der Waals surface area contributed by atoms with Crippen molar-refractivity contribution in [2.75, 3.05) is 19.8 Å². The number of benzene rings is 1. The molecule has 21 heavy (non-hydrogen) atoms. The summed E-state index contributed by atoms with van der Waals surface area (Å²) in [5.74, 6) is -0.667. The Morgan fingerprint density at radius 2 is 2.00 bits per heavy atom. The van der Waals surface area contributed by atoms with Gasteiger partial charge >= 0.3 is 5.97 Å². The summed E-state index contributed by atoms with van der Waals surface area (Å²) in [5.41, 5.74) is 0.722. The van der Waals surface area contributed by atoms with Gasteiger partial charge in [0.05, 0.1) is 30.4 Å². The SMILES string of the molecule is CCOC(=O)C(=O)c1c(Cl)cc2c(c1CC)OCCCO2. The summed E-state index contributed by atoms with van der Waals surface area (Å²) in [6.45, 7) is 4.66. The summed E-state index contributed by atoms with van der Waals surface area (Å²) in [6.07, 6.45) is 1.24. The van der Waals surface area contributed by atoms with Gasteiger partial charge in [-0.25, -0.2) is 4.79 Å². The molecule has 0 N–H and O–H groups in total. The molecule has 0 aliphatic carbocycles. The minimum Gasteiger partial charge on any atom is -0.489 e. The van der Waals surface area contributed by atoms with Crippen LogP contribution in [0.5, 0.6) is 11.5 Å². The zero-order valence-corrected chi connectivity index (χ0v) is 12.8. The molecule has 0 unspecified atom stereocenters. The average Bonchev–Trinajstić information content (AvgIpc) is 2.70. The Kier molecular flexibility index (Phi) is 5.07. The normalized spacial score (nSPS) is 13.5. The van der Waals surface area contributed by atoms with E-state index in [2.05, 4.69) is 0 Å². The van der Waals surface area contributed by atoms with E-state index in [1.54, 1.807) is 6.92 Å². The maximum Gasteiger partial charge on any atom is 0.379 e. The second kappa shape index (κ2) is 6.80. The Morgan fingerprint density at radius 1 is 1.29 bits per heavy atom. The van der Waals surface area contributed by atoms with Crippen molar-refractivity contribution >= 4 is 23.4 Å². The lowest BCUT2D eigenvalue weighted by molar-refractivity contribution is -0.137. The van der Waals surface area contributed by atoms with Crippen molar-refractivity contribution in [1.82, 2.24) is 0 Å². The monoisotopic (exact) mass is 312 g/mol. The van der Waals surface area contributed by atoms with Gasteiger partial charge in [-0.2, -0.15) is 0 Å². The molecule has 2 rings (SSSR count). The highest BCUT2D eigenvalue weighted by atomic mass is 35.5. The Labute approximate surface area is 128 Å². The highest BCUT2D eigenvalue weighted by molar-refractivity contribution is 6.46. The lowest BCUT2D eigenvalue weighted by Gasteiger charge is -2.16. The van der Waals surface area contributed by atoms with E-state index in [0.29, 0.717) is 36.7 Å². The second-order valence-corrected chi connectivity index (χ2v) is 4.90. The quantitative estimate of drug-likeness (QED) is 0.486. The van der Waals surface area contributed by atoms with Crippen LogP contribution >= 0.6 is 11.6 Å². The lowest BCUT2D eigenvalue weighted by Crippen LogP contribution is -2.20. The molecule has 0 amide bonds. The first kappa shape index (κ1) is 15.6. The van der Waals surface area contributed by atoms with Crippen LogP contribution in [0.1, 0.15) is 36.2 Å². The third-order valence-corrected chi connectivity index (χ3v) is 3.43. The van der Waals surface area contributed by atoms with E-state index in [4.69, 9.17) is 25.8 Å². The van der Waals surface area contributed by atoms with Crippen LogP contribution in [0.4, 0.5) is 0 Å². The molecule has 0 bridgehead atoms. The van der Waals surface area contributed by atoms with E-state index < -0.39 is 11.8 Å². The molecule has 0 aromatic heterocycles. The molecule has 0 radical (unpaired) electrons. The molecule has 0 saturated heterocycles. The number of carbonyl (C=O) groups is 2. The van der Waals surface area contributed by atoms with E-state index in [1.807, 2.05) is 6.92 Å². The number of ether oxygens (including phenoxy) is 3. The van der Waals surface area contributed by atoms with Gasteiger partial charge in [-0.05, 0) is 13.3 Å². The van der Waals surface area contributed by atoms with Gasteiger partial charge in [0.2, 0.25) is 0 Å². The first-order chi connectivity index (χ1) is 10.1. The molecule has 1 aliphatic heterocycles. The maximum atomic E-state index is 12.3. The van der Waals surface area contributed by atoms with Crippen LogP contribution in [0, 0.1) is 0 Å². The van der Waals surface area contributed by atoms with Crippen LogP contribution in [-0.2, 0) is 16.0 Å². The van der Waals surface area contributed by atoms with Gasteiger partial charge in [-0.3, -0.25) is 4.79 Å². The van der Waals surface area contributed by atoms with E-state index >= 15 is 0 Å². The second-order valence-electron chi connectivity index (χ2n) is 4.49. The third-order valence-electron chi connectivity index (χ3n) is 3.13. The molecule has 0 atom stereocenters. The van der Waals surface area contributed by atoms with Gasteiger partial charge in [0, 0.05) is 18.1 Å². The molecular formula is C15H17ClO5. The Morgan fingerprint density at radius 3 is 2.67 bits per heavy atom. The van der Waals surface area contributed by atoms with Crippen LogP contribution in [0.2, 0.25) is 5.02 Å². The fourth-order valence-corrected chi connectivity index (χ4v) is 2.52. The molecular weight excluding hydrogens is 296 g/mol. The molecule has 114 valence electrons. The molecule has 1 aromatic rings. The first-order valence-corrected chi connectivity index (χ1v) is 7.30. The predicted octanol–water partition coefficient (Wildman–Crippen LogP) is 2.81. The topological polar surface area (TPSA) is 61.8 Å². The Balaban J connectivity index is 2.53. The number of hydrogen-bond acceptors (Lipinski definition) is 5. The van der Waals surface area contributed by atoms with Crippen molar-refractivity contribution in [3.63, 3.8) is 0 Å². The smallest absolute Gasteiger partial charge is 0.379 e. The zero-order valence-electron chi connectivity index (χ0n) is 12.0. The fraction of sp³-hybridized carbons (Fsp3) is 0.467. The molecule has 0 spiro atoms. The van der Waals surface area contributed by atoms with E-state index in [1.165, 1.54) is 6.07 Å². The molecule has 0 saturated carbocycles. The van der Waals surface area contributed by atoms with Gasteiger partial charge in [0.1, 0.15) is 0 Å². The van der Waals surface area contributed by atoms with Gasteiger partial charge < -0.3 is 14.2 Å². The van der Waals surface area contributed by atoms with Crippen molar-refractivity contribution in [2.45, 2.75) is 26.7 Å². The molecule has 6 heteroatoms. The van der Waals surface area contributed by atoms with Crippen LogP contribution in [0.25, 0.3) is 0 Å². The largest absolute Gasteiger partial charge is 0.489 e. The fourth-order valence-electron chi connectivity index (χ4n) is 2.22. The van der Waals surface area contributed by atoms with Crippen molar-refractivity contribution in [3.8, 4) is 11.5 Å². The van der Waals surface area contributed by atoms with Crippen molar-refractivity contribution in [3.05, 3.63) is 22.2 Å². The number of Topliss-reactive ketones (excluding diaryl/α,β-unsaturated/α-hetero) is 1. The van der Waals surface area contributed by atoms with Gasteiger partial charge in [-0.15, -0.1) is 0 Å². The highest BCUT2D eigenvalue weighted by Gasteiger charge is 2.28. The van der Waals surface area contributed by atoms with Crippen LogP contribution in [0.3, 0.4) is 0 Å². The van der Waals surface area contributed by atoms with E-state index in [9.17, 15) is 9.59 Å². The van der Waals surface area contributed by atoms with Crippen LogP contribution < -0.4 is 9.47 Å². The Bertz CT molecular complexity index is 568. The molecule has 1 aliphatic rings. The summed E-state index contributed by atoms with van der Waals surface area (Å²) in [6, 6.07) is 1.52. The number of hydrogen-bond donors (Lipinski definition) is 0. The lowest BCUT2D eigenvalue weighted by atomic mass is 9.99. The van der Waals surface area contributed by atoms with Gasteiger partial charge in [-0.1, -0.05) is 18.5 Å². The molecule has 0 fully saturated rings. The summed E-state index contributed by atoms with van der Waals surface area (Å²) in [7, 11) is 0. The number of carbonyl (C=O) groups excluding carboxylic acids is 2. The molecule has 1 aromatic carbocycles. The summed E-state index contributed by atoms with van der Waals surface area (Å²) < 4.78 is 16.0. The number of esters is 1. The minimum absolute atomic E-state index is 0.133. The standard InChI is InChI=1S/C15H17ClO5/c1-3-9-12(13(17)15(18)19-4-2)10(16)8-11-14(9)21-7-5-6-20-11/h8H,3-7H2,1-2H3. The summed E-state index contributed by atoms with van der Waals surface area (Å²) in [5, 5.41) is 0.175. The van der Waals surface area contributed by atoms with Crippen molar-refractivity contribution in [2.24, 2.45) is 0 Å². The van der Waals surface area contributed by atoms with E-state index in [0.717, 1.165) is 6.42 Å². The average molecular weight is 313 g/mol. The minimum atomic E-state index is -0.913. The third kappa shape index (κ3) is 3.13. The number of halogens is 1. The van der Waals surface area contributed by atoms with Crippen molar-refractivity contribution < 1.29 is 23.8 Å². The maximum absolute atomic E-state index is 12.3. The zero-order chi connectivity index (χ0) is 15.4. The number of ketones is 1. The summed E-state index contributed by atoms with van der Waals surface area (Å²) >= 11 is 6.17. The molecule has 1 heterocycles. The first-order valence-electron chi connectivity index (χ1n) is 6.92. The van der Waals surface area contributed by atoms with Crippen LogP contribution in [0.15, 0.2) is 6.07 Å².